The number of nitrogens with zero attached hydrogens (tertiary/aromatic N) is 2. The van der Waals surface area contributed by atoms with Crippen LogP contribution in [0.2, 0.25) is 0 Å². The number of Topliss-reactive ketones (excluding diaryl/α,β-unsaturated/α-hetero) is 1. The Labute approximate surface area is 263 Å². The smallest absolute Gasteiger partial charge is 0.410 e. The number of likely N-dealkylation sites (tertiary alicyclic amines) is 2. The molecular formula is C37H50N2O5. The van der Waals surface area contributed by atoms with E-state index in [4.69, 9.17) is 9.47 Å². The van der Waals surface area contributed by atoms with Gasteiger partial charge in [-0.15, -0.1) is 0 Å². The number of carbonyl (C=O) groups is 3. The molecular weight excluding hydrogens is 552 g/mol. The molecule has 3 fully saturated rings. The average Bonchev–Trinajstić information content (AvgIpc) is 3.32. The fraction of sp³-hybridized carbons (Fsp3) is 0.595. The number of carbonyl (C=O) groups excluding carboxylic acids is 3. The van der Waals surface area contributed by atoms with Gasteiger partial charge in [0, 0.05) is 43.1 Å². The standard InChI is InChI=1S/C37H50N2O5/c1-26(34(40)30-10-6-5-7-11-30)29-12-8-9-27(15-16-29)13-14-28-23-39(24-28)35(41)31-17-19-32(20-18-31)43-33-21-22-38(25-33)36(42)44-37(2,3)4/h5-7,10-11,17-20,26-29,33H,8-9,12-16,21-25H2,1-4H3. The SMILES string of the molecule is CC(C(=O)c1ccccc1)C1CCCC(CCC2CN(C(=O)c3ccc(OC4CCN(C(=O)OC(C)(C)C)C4)cc3)C2)CC1. The van der Waals surface area contributed by atoms with Crippen LogP contribution in [-0.4, -0.2) is 65.5 Å². The molecule has 4 unspecified atom stereocenters. The van der Waals surface area contributed by atoms with Crippen molar-refractivity contribution in [2.24, 2.45) is 23.7 Å². The topological polar surface area (TPSA) is 76.2 Å². The third kappa shape index (κ3) is 8.42. The molecule has 4 atom stereocenters. The summed E-state index contributed by atoms with van der Waals surface area (Å²) in [7, 11) is 0. The normalized spacial score (nSPS) is 23.4. The zero-order valence-electron chi connectivity index (χ0n) is 27.0. The van der Waals surface area contributed by atoms with Gasteiger partial charge in [-0.2, -0.15) is 0 Å². The Morgan fingerprint density at radius 3 is 2.20 bits per heavy atom. The number of rotatable bonds is 9. The van der Waals surface area contributed by atoms with Gasteiger partial charge < -0.3 is 19.3 Å². The Morgan fingerprint density at radius 1 is 0.795 bits per heavy atom. The summed E-state index contributed by atoms with van der Waals surface area (Å²) in [6, 6.07) is 17.1. The van der Waals surface area contributed by atoms with E-state index in [-0.39, 0.29) is 29.8 Å². The lowest BCUT2D eigenvalue weighted by Gasteiger charge is -2.40. The Bertz CT molecular complexity index is 1270. The molecule has 0 bridgehead atoms. The van der Waals surface area contributed by atoms with Crippen molar-refractivity contribution in [1.29, 1.82) is 0 Å². The lowest BCUT2D eigenvalue weighted by molar-refractivity contribution is 0.0275. The molecule has 7 nitrogen and oxygen atoms in total. The summed E-state index contributed by atoms with van der Waals surface area (Å²) in [5.74, 6) is 2.95. The van der Waals surface area contributed by atoms with Crippen LogP contribution < -0.4 is 4.74 Å². The van der Waals surface area contributed by atoms with Gasteiger partial charge in [0.1, 0.15) is 17.5 Å². The fourth-order valence-electron chi connectivity index (χ4n) is 7.03. The highest BCUT2D eigenvalue weighted by molar-refractivity contribution is 5.97. The van der Waals surface area contributed by atoms with Crippen LogP contribution >= 0.6 is 0 Å². The lowest BCUT2D eigenvalue weighted by atomic mass is 9.82. The quantitative estimate of drug-likeness (QED) is 0.218. The average molecular weight is 603 g/mol. The summed E-state index contributed by atoms with van der Waals surface area (Å²) in [6.07, 6.45) is 8.72. The van der Waals surface area contributed by atoms with Crippen molar-refractivity contribution in [3.8, 4) is 5.75 Å². The van der Waals surface area contributed by atoms with Crippen molar-refractivity contribution < 1.29 is 23.9 Å². The molecule has 0 N–H and O–H groups in total. The van der Waals surface area contributed by atoms with Gasteiger partial charge in [-0.05, 0) is 82.1 Å². The predicted molar refractivity (Wildman–Crippen MR) is 172 cm³/mol. The maximum absolute atomic E-state index is 13.1. The molecule has 2 aliphatic heterocycles. The van der Waals surface area contributed by atoms with Gasteiger partial charge in [-0.3, -0.25) is 9.59 Å². The first-order valence-electron chi connectivity index (χ1n) is 16.7. The van der Waals surface area contributed by atoms with E-state index in [0.717, 1.165) is 43.8 Å². The molecule has 0 aromatic heterocycles. The zero-order valence-corrected chi connectivity index (χ0v) is 27.0. The summed E-state index contributed by atoms with van der Waals surface area (Å²) in [5, 5.41) is 0. The number of ether oxygens (including phenoxy) is 2. The molecule has 1 saturated carbocycles. The van der Waals surface area contributed by atoms with Crippen LogP contribution in [0.5, 0.6) is 5.75 Å². The van der Waals surface area contributed by atoms with E-state index in [1.165, 1.54) is 32.1 Å². The van der Waals surface area contributed by atoms with Gasteiger partial charge >= 0.3 is 6.09 Å². The van der Waals surface area contributed by atoms with Crippen LogP contribution in [-0.2, 0) is 4.74 Å². The van der Waals surface area contributed by atoms with Crippen LogP contribution in [0, 0.1) is 23.7 Å². The fourth-order valence-corrected chi connectivity index (χ4v) is 7.03. The van der Waals surface area contributed by atoms with E-state index in [1.54, 1.807) is 4.90 Å². The van der Waals surface area contributed by atoms with E-state index in [9.17, 15) is 14.4 Å². The van der Waals surface area contributed by atoms with Crippen molar-refractivity contribution >= 4 is 17.8 Å². The first kappa shape index (κ1) is 32.1. The number of hydrogen-bond donors (Lipinski definition) is 0. The Hall–Kier alpha value is -3.35. The molecule has 1 aliphatic carbocycles. The van der Waals surface area contributed by atoms with Crippen LogP contribution in [0.4, 0.5) is 4.79 Å². The predicted octanol–water partition coefficient (Wildman–Crippen LogP) is 7.64. The highest BCUT2D eigenvalue weighted by Gasteiger charge is 2.34. The zero-order chi connectivity index (χ0) is 31.3. The first-order chi connectivity index (χ1) is 21.1. The number of ketones is 1. The van der Waals surface area contributed by atoms with E-state index in [0.29, 0.717) is 36.2 Å². The first-order valence-corrected chi connectivity index (χ1v) is 16.7. The summed E-state index contributed by atoms with van der Waals surface area (Å²) < 4.78 is 11.6. The molecule has 7 heteroatoms. The molecule has 2 aromatic carbocycles. The summed E-state index contributed by atoms with van der Waals surface area (Å²) >= 11 is 0. The Kier molecular flexibility index (Phi) is 10.3. The molecule has 2 amide bonds. The molecule has 2 aromatic rings. The van der Waals surface area contributed by atoms with Crippen molar-refractivity contribution in [3.63, 3.8) is 0 Å². The summed E-state index contributed by atoms with van der Waals surface area (Å²) in [6.45, 7) is 10.5. The van der Waals surface area contributed by atoms with Crippen LogP contribution in [0.25, 0.3) is 0 Å². The van der Waals surface area contributed by atoms with Gasteiger partial charge in [0.15, 0.2) is 5.78 Å². The Morgan fingerprint density at radius 2 is 1.50 bits per heavy atom. The van der Waals surface area contributed by atoms with E-state index >= 15 is 0 Å². The van der Waals surface area contributed by atoms with Crippen LogP contribution in [0.3, 0.4) is 0 Å². The highest BCUT2D eigenvalue weighted by Crippen LogP contribution is 2.36. The third-order valence-electron chi connectivity index (χ3n) is 9.74. The number of amides is 2. The second-order valence-corrected chi connectivity index (χ2v) is 14.3. The monoisotopic (exact) mass is 602 g/mol. The molecule has 3 aliphatic rings. The molecule has 0 radical (unpaired) electrons. The largest absolute Gasteiger partial charge is 0.489 e. The van der Waals surface area contributed by atoms with E-state index in [2.05, 4.69) is 6.92 Å². The lowest BCUT2D eigenvalue weighted by Crippen LogP contribution is -2.50. The van der Waals surface area contributed by atoms with Gasteiger partial charge in [0.2, 0.25) is 0 Å². The third-order valence-corrected chi connectivity index (χ3v) is 9.74. The maximum atomic E-state index is 13.1. The Balaban J connectivity index is 0.997. The van der Waals surface area contributed by atoms with E-state index < -0.39 is 5.60 Å². The highest BCUT2D eigenvalue weighted by atomic mass is 16.6. The van der Waals surface area contributed by atoms with Gasteiger partial charge in [-0.25, -0.2) is 4.79 Å². The maximum Gasteiger partial charge on any atom is 0.410 e. The van der Waals surface area contributed by atoms with Crippen molar-refractivity contribution in [2.75, 3.05) is 26.2 Å². The number of hydrogen-bond acceptors (Lipinski definition) is 5. The molecule has 5 rings (SSSR count). The molecule has 2 heterocycles. The van der Waals surface area contributed by atoms with E-state index in [1.807, 2.05) is 80.3 Å². The van der Waals surface area contributed by atoms with Gasteiger partial charge in [-0.1, -0.05) is 62.9 Å². The minimum absolute atomic E-state index is 0.0825. The van der Waals surface area contributed by atoms with Crippen LogP contribution in [0.15, 0.2) is 54.6 Å². The number of benzene rings is 2. The minimum atomic E-state index is -0.515. The second-order valence-electron chi connectivity index (χ2n) is 14.3. The van der Waals surface area contributed by atoms with Crippen molar-refractivity contribution in [1.82, 2.24) is 9.80 Å². The minimum Gasteiger partial charge on any atom is -0.489 e. The molecule has 44 heavy (non-hydrogen) atoms. The van der Waals surface area contributed by atoms with Gasteiger partial charge in [0.05, 0.1) is 6.54 Å². The van der Waals surface area contributed by atoms with Gasteiger partial charge in [0.25, 0.3) is 5.91 Å². The van der Waals surface area contributed by atoms with Crippen LogP contribution in [0.1, 0.15) is 99.8 Å². The summed E-state index contributed by atoms with van der Waals surface area (Å²) in [5.41, 5.74) is 1.01. The van der Waals surface area contributed by atoms with Crippen molar-refractivity contribution in [2.45, 2.75) is 90.8 Å². The molecule has 238 valence electrons. The summed E-state index contributed by atoms with van der Waals surface area (Å²) in [4.78, 5) is 42.0. The molecule has 0 spiro atoms. The van der Waals surface area contributed by atoms with Crippen molar-refractivity contribution in [3.05, 3.63) is 65.7 Å². The second kappa shape index (κ2) is 14.2. The molecule has 2 saturated heterocycles.